The Morgan fingerprint density at radius 2 is 1.65 bits per heavy atom. The summed E-state index contributed by atoms with van der Waals surface area (Å²) in [7, 11) is -3.33. The van der Waals surface area contributed by atoms with Gasteiger partial charge in [-0.3, -0.25) is 0 Å². The van der Waals surface area contributed by atoms with Crippen LogP contribution in [0.4, 0.5) is 5.69 Å². The molecule has 0 amide bonds. The summed E-state index contributed by atoms with van der Waals surface area (Å²) in [5.74, 6) is 0.289. The lowest BCUT2D eigenvalue weighted by molar-refractivity contribution is 0.343. The van der Waals surface area contributed by atoms with Gasteiger partial charge in [0.1, 0.15) is 6.33 Å². The van der Waals surface area contributed by atoms with Crippen molar-refractivity contribution < 1.29 is 8.42 Å². The molecule has 2 aliphatic heterocycles. The Kier molecular flexibility index (Phi) is 4.57. The molecule has 0 bridgehead atoms. The normalized spacial score (nSPS) is 20.5. The molecule has 2 saturated heterocycles. The smallest absolute Gasteiger partial charge is 0.282 e. The quantitative estimate of drug-likeness (QED) is 0.778. The molecule has 0 spiro atoms. The summed E-state index contributed by atoms with van der Waals surface area (Å²) in [4.78, 5) is 2.19. The molecule has 2 fully saturated rings. The number of aromatic nitrogens is 4. The van der Waals surface area contributed by atoms with Gasteiger partial charge in [-0.25, -0.2) is 0 Å². The predicted molar refractivity (Wildman–Crippen MR) is 98.4 cm³/mol. The van der Waals surface area contributed by atoms with Crippen molar-refractivity contribution in [1.29, 1.82) is 0 Å². The molecule has 2 aliphatic rings. The average Bonchev–Trinajstić information content (AvgIpc) is 3.32. The van der Waals surface area contributed by atoms with Gasteiger partial charge in [0.25, 0.3) is 10.2 Å². The van der Waals surface area contributed by atoms with E-state index in [0.29, 0.717) is 44.9 Å². The summed E-state index contributed by atoms with van der Waals surface area (Å²) in [6.07, 6.45) is 3.52. The van der Waals surface area contributed by atoms with Gasteiger partial charge < -0.3 is 4.90 Å². The summed E-state index contributed by atoms with van der Waals surface area (Å²) in [5.41, 5.74) is 2.66. The second-order valence-electron chi connectivity index (χ2n) is 7.21. The maximum Gasteiger partial charge on any atom is 0.282 e. The second kappa shape index (κ2) is 6.75. The van der Waals surface area contributed by atoms with E-state index in [2.05, 4.69) is 40.1 Å². The third kappa shape index (κ3) is 3.06. The highest BCUT2D eigenvalue weighted by molar-refractivity contribution is 7.86. The van der Waals surface area contributed by atoms with Crippen LogP contribution in [-0.4, -0.2) is 76.1 Å². The first kappa shape index (κ1) is 17.6. The molecule has 10 heteroatoms. The van der Waals surface area contributed by atoms with E-state index in [0.717, 1.165) is 24.2 Å². The molecule has 0 aliphatic carbocycles. The fourth-order valence-corrected chi connectivity index (χ4v) is 5.26. The lowest BCUT2D eigenvalue weighted by Crippen LogP contribution is -2.52. The predicted octanol–water partition coefficient (Wildman–Crippen LogP) is 0.710. The third-order valence-electron chi connectivity index (χ3n) is 5.16. The average molecular weight is 379 g/mol. The van der Waals surface area contributed by atoms with E-state index in [9.17, 15) is 8.42 Å². The summed E-state index contributed by atoms with van der Waals surface area (Å²) in [6, 6.07) is 2.05. The van der Waals surface area contributed by atoms with Crippen molar-refractivity contribution in [3.8, 4) is 0 Å². The van der Waals surface area contributed by atoms with Crippen molar-refractivity contribution in [1.82, 2.24) is 28.4 Å². The fourth-order valence-electron chi connectivity index (χ4n) is 3.59. The van der Waals surface area contributed by atoms with Gasteiger partial charge in [0.05, 0.1) is 11.4 Å². The van der Waals surface area contributed by atoms with Crippen LogP contribution in [0.3, 0.4) is 0 Å². The zero-order valence-corrected chi connectivity index (χ0v) is 16.1. The van der Waals surface area contributed by atoms with E-state index in [1.807, 2.05) is 0 Å². The molecule has 0 unspecified atom stereocenters. The van der Waals surface area contributed by atoms with Crippen LogP contribution in [0.25, 0.3) is 5.65 Å². The molecule has 2 aromatic heterocycles. The number of piperazine rings is 1. The van der Waals surface area contributed by atoms with Crippen LogP contribution >= 0.6 is 0 Å². The first-order valence-electron chi connectivity index (χ1n) is 9.18. The molecule has 0 atom stereocenters. The Balaban J connectivity index is 1.55. The van der Waals surface area contributed by atoms with Crippen LogP contribution in [0.1, 0.15) is 38.3 Å². The Bertz CT molecular complexity index is 881. The topological polar surface area (TPSA) is 86.9 Å². The molecular weight excluding hydrogens is 354 g/mol. The van der Waals surface area contributed by atoms with Crippen molar-refractivity contribution in [3.63, 3.8) is 0 Å². The number of hydrogen-bond donors (Lipinski definition) is 0. The van der Waals surface area contributed by atoms with Crippen molar-refractivity contribution in [2.24, 2.45) is 0 Å². The SMILES string of the molecule is CC(C)c1cc(N2CCN(S(=O)(=O)N3CCCC3)CC2)c2nncn2n1. The largest absolute Gasteiger partial charge is 0.366 e. The third-order valence-corrected chi connectivity index (χ3v) is 7.19. The Hall–Kier alpha value is -1.78. The molecule has 26 heavy (non-hydrogen) atoms. The number of fused-ring (bicyclic) bond motifs is 1. The highest BCUT2D eigenvalue weighted by Gasteiger charge is 2.34. The minimum atomic E-state index is -3.33. The van der Waals surface area contributed by atoms with Crippen molar-refractivity contribution in [3.05, 3.63) is 18.1 Å². The maximum atomic E-state index is 12.7. The minimum absolute atomic E-state index is 0.289. The van der Waals surface area contributed by atoms with Crippen molar-refractivity contribution in [2.45, 2.75) is 32.6 Å². The van der Waals surface area contributed by atoms with E-state index in [1.54, 1.807) is 19.5 Å². The van der Waals surface area contributed by atoms with Gasteiger partial charge in [0.15, 0.2) is 0 Å². The second-order valence-corrected chi connectivity index (χ2v) is 9.14. The number of nitrogens with zero attached hydrogens (tertiary/aromatic N) is 7. The Morgan fingerprint density at radius 1 is 1.00 bits per heavy atom. The molecule has 4 heterocycles. The zero-order valence-electron chi connectivity index (χ0n) is 15.2. The zero-order chi connectivity index (χ0) is 18.3. The molecule has 142 valence electrons. The van der Waals surface area contributed by atoms with Crippen LogP contribution in [0, 0.1) is 0 Å². The molecule has 2 aromatic rings. The van der Waals surface area contributed by atoms with Gasteiger partial charge in [-0.15, -0.1) is 10.2 Å². The molecule has 0 radical (unpaired) electrons. The van der Waals surface area contributed by atoms with Crippen LogP contribution in [0.5, 0.6) is 0 Å². The Labute approximate surface area is 153 Å². The summed E-state index contributed by atoms with van der Waals surface area (Å²) >= 11 is 0. The first-order valence-corrected chi connectivity index (χ1v) is 10.6. The van der Waals surface area contributed by atoms with E-state index < -0.39 is 10.2 Å². The summed E-state index contributed by atoms with van der Waals surface area (Å²) in [5, 5.41) is 12.7. The lowest BCUT2D eigenvalue weighted by Gasteiger charge is -2.37. The van der Waals surface area contributed by atoms with Crippen LogP contribution in [0.15, 0.2) is 12.4 Å². The molecule has 0 N–H and O–H groups in total. The van der Waals surface area contributed by atoms with E-state index >= 15 is 0 Å². The minimum Gasteiger partial charge on any atom is -0.366 e. The fraction of sp³-hybridized carbons (Fsp3) is 0.688. The Morgan fingerprint density at radius 3 is 2.31 bits per heavy atom. The van der Waals surface area contributed by atoms with Gasteiger partial charge in [0, 0.05) is 39.3 Å². The standard InChI is InChI=1S/C16H25N7O2S/c1-13(2)14-11-15(16-18-17-12-23(16)19-14)20-7-9-22(10-8-20)26(24,25)21-5-3-4-6-21/h11-13H,3-10H2,1-2H3. The van der Waals surface area contributed by atoms with E-state index in [-0.39, 0.29) is 5.92 Å². The highest BCUT2D eigenvalue weighted by atomic mass is 32.2. The number of rotatable bonds is 4. The van der Waals surface area contributed by atoms with Gasteiger partial charge in [-0.05, 0) is 24.8 Å². The number of anilines is 1. The van der Waals surface area contributed by atoms with Gasteiger partial charge >= 0.3 is 0 Å². The van der Waals surface area contributed by atoms with E-state index in [1.165, 1.54) is 0 Å². The molecule has 0 saturated carbocycles. The van der Waals surface area contributed by atoms with Gasteiger partial charge in [0.2, 0.25) is 5.65 Å². The van der Waals surface area contributed by atoms with Crippen molar-refractivity contribution >= 4 is 21.5 Å². The van der Waals surface area contributed by atoms with Gasteiger partial charge in [-0.2, -0.15) is 26.6 Å². The number of hydrogen-bond acceptors (Lipinski definition) is 6. The summed E-state index contributed by atoms with van der Waals surface area (Å²) < 4.78 is 30.4. The lowest BCUT2D eigenvalue weighted by atomic mass is 10.1. The first-order chi connectivity index (χ1) is 12.5. The van der Waals surface area contributed by atoms with Crippen LogP contribution < -0.4 is 4.90 Å². The van der Waals surface area contributed by atoms with Gasteiger partial charge in [-0.1, -0.05) is 13.8 Å². The molecule has 9 nitrogen and oxygen atoms in total. The molecule has 4 rings (SSSR count). The molecule has 0 aromatic carbocycles. The highest BCUT2D eigenvalue weighted by Crippen LogP contribution is 2.26. The van der Waals surface area contributed by atoms with E-state index in [4.69, 9.17) is 0 Å². The van der Waals surface area contributed by atoms with Crippen LogP contribution in [0.2, 0.25) is 0 Å². The molecular formula is C16H25N7O2S. The maximum absolute atomic E-state index is 12.7. The van der Waals surface area contributed by atoms with Crippen LogP contribution in [-0.2, 0) is 10.2 Å². The van der Waals surface area contributed by atoms with Crippen molar-refractivity contribution in [2.75, 3.05) is 44.2 Å². The monoisotopic (exact) mass is 379 g/mol. The summed E-state index contributed by atoms with van der Waals surface area (Å²) in [6.45, 7) is 7.73.